The molecule has 0 unspecified atom stereocenters. The Bertz CT molecular complexity index is 441. The van der Waals surface area contributed by atoms with Crippen LogP contribution in [-0.2, 0) is 4.74 Å². The summed E-state index contributed by atoms with van der Waals surface area (Å²) in [5, 5.41) is 0. The molecule has 0 N–H and O–H groups in total. The molecule has 0 aromatic heterocycles. The Morgan fingerprint density at radius 1 is 1.00 bits per heavy atom. The van der Waals surface area contributed by atoms with Crippen molar-refractivity contribution in [3.8, 4) is 0 Å². The van der Waals surface area contributed by atoms with E-state index in [0.717, 1.165) is 0 Å². The maximum Gasteiger partial charge on any atom is 0.338 e. The summed E-state index contributed by atoms with van der Waals surface area (Å²) in [5.41, 5.74) is 0.474. The summed E-state index contributed by atoms with van der Waals surface area (Å²) in [6.07, 6.45) is 0. The van der Waals surface area contributed by atoms with Crippen LogP contribution in [0.25, 0.3) is 0 Å². The largest absolute Gasteiger partial charge is 0.456 e. The van der Waals surface area contributed by atoms with Crippen molar-refractivity contribution in [2.45, 2.75) is 26.4 Å². The Kier molecular flexibility index (Phi) is 4.11. The normalized spacial score (nSPS) is 10.9. The molecule has 0 atom stereocenters. The van der Waals surface area contributed by atoms with Crippen LogP contribution in [0.1, 0.15) is 41.5 Å². The van der Waals surface area contributed by atoms with Gasteiger partial charge in [-0.3, -0.25) is 4.79 Å². The standard InChI is InChI=1S/C14H19NO3/c1-14(2,3)18-13(17)11-8-6-10(7-9-11)12(16)15(4)5/h6-9H,1-5H3. The number of hydrogen-bond acceptors (Lipinski definition) is 3. The lowest BCUT2D eigenvalue weighted by Gasteiger charge is -2.19. The van der Waals surface area contributed by atoms with E-state index in [-0.39, 0.29) is 11.9 Å². The highest BCUT2D eigenvalue weighted by molar-refractivity contribution is 5.96. The van der Waals surface area contributed by atoms with E-state index in [1.807, 2.05) is 20.8 Å². The number of amides is 1. The first-order valence-corrected chi connectivity index (χ1v) is 5.76. The van der Waals surface area contributed by atoms with Gasteiger partial charge in [-0.1, -0.05) is 0 Å². The number of benzene rings is 1. The zero-order valence-electron chi connectivity index (χ0n) is 11.5. The monoisotopic (exact) mass is 249 g/mol. The zero-order chi connectivity index (χ0) is 13.9. The lowest BCUT2D eigenvalue weighted by Crippen LogP contribution is -2.24. The predicted octanol–water partition coefficient (Wildman–Crippen LogP) is 2.34. The van der Waals surface area contributed by atoms with Crippen molar-refractivity contribution < 1.29 is 14.3 Å². The van der Waals surface area contributed by atoms with E-state index in [1.54, 1.807) is 38.4 Å². The predicted molar refractivity (Wildman–Crippen MR) is 69.6 cm³/mol. The fraction of sp³-hybridized carbons (Fsp3) is 0.429. The van der Waals surface area contributed by atoms with Crippen LogP contribution >= 0.6 is 0 Å². The first kappa shape index (κ1) is 14.2. The van der Waals surface area contributed by atoms with Crippen molar-refractivity contribution in [2.75, 3.05) is 14.1 Å². The maximum absolute atomic E-state index is 11.8. The van der Waals surface area contributed by atoms with Gasteiger partial charge >= 0.3 is 5.97 Å². The third-order valence-electron chi connectivity index (χ3n) is 2.17. The highest BCUT2D eigenvalue weighted by Gasteiger charge is 2.18. The average molecular weight is 249 g/mol. The number of rotatable bonds is 2. The molecule has 1 rings (SSSR count). The Balaban J connectivity index is 2.83. The van der Waals surface area contributed by atoms with Crippen LogP contribution in [0, 0.1) is 0 Å². The molecular formula is C14H19NO3. The molecule has 4 heteroatoms. The molecule has 0 spiro atoms. The summed E-state index contributed by atoms with van der Waals surface area (Å²) < 4.78 is 5.24. The second kappa shape index (κ2) is 5.21. The summed E-state index contributed by atoms with van der Waals surface area (Å²) in [6.45, 7) is 5.44. The molecule has 1 aromatic carbocycles. The Morgan fingerprint density at radius 3 is 1.83 bits per heavy atom. The minimum atomic E-state index is -0.519. The van der Waals surface area contributed by atoms with Gasteiger partial charge in [-0.25, -0.2) is 4.79 Å². The van der Waals surface area contributed by atoms with E-state index < -0.39 is 5.60 Å². The van der Waals surface area contributed by atoms with Gasteiger partial charge in [-0.15, -0.1) is 0 Å². The molecule has 0 aliphatic rings. The molecule has 1 amide bonds. The minimum absolute atomic E-state index is 0.0919. The van der Waals surface area contributed by atoms with Gasteiger partial charge in [0.15, 0.2) is 0 Å². The van der Waals surface area contributed by atoms with E-state index in [9.17, 15) is 9.59 Å². The first-order chi connectivity index (χ1) is 8.20. The minimum Gasteiger partial charge on any atom is -0.456 e. The molecule has 1 aromatic rings. The van der Waals surface area contributed by atoms with Gasteiger partial charge in [0.25, 0.3) is 5.91 Å². The van der Waals surface area contributed by atoms with Crippen molar-refractivity contribution in [2.24, 2.45) is 0 Å². The summed E-state index contributed by atoms with van der Waals surface area (Å²) in [5.74, 6) is -0.475. The van der Waals surface area contributed by atoms with Crippen molar-refractivity contribution in [1.29, 1.82) is 0 Å². The third kappa shape index (κ3) is 3.87. The third-order valence-corrected chi connectivity index (χ3v) is 2.17. The van der Waals surface area contributed by atoms with E-state index in [1.165, 1.54) is 4.90 Å². The van der Waals surface area contributed by atoms with Crippen LogP contribution in [-0.4, -0.2) is 36.5 Å². The second-order valence-electron chi connectivity index (χ2n) is 5.28. The van der Waals surface area contributed by atoms with Gasteiger partial charge in [-0.2, -0.15) is 0 Å². The molecule has 0 aliphatic carbocycles. The summed E-state index contributed by atoms with van der Waals surface area (Å²) >= 11 is 0. The number of nitrogens with zero attached hydrogens (tertiary/aromatic N) is 1. The van der Waals surface area contributed by atoms with Crippen LogP contribution in [0.15, 0.2) is 24.3 Å². The van der Waals surface area contributed by atoms with E-state index in [0.29, 0.717) is 11.1 Å². The van der Waals surface area contributed by atoms with E-state index >= 15 is 0 Å². The highest BCUT2D eigenvalue weighted by Crippen LogP contribution is 2.13. The fourth-order valence-corrected chi connectivity index (χ4v) is 1.34. The molecule has 0 radical (unpaired) electrons. The van der Waals surface area contributed by atoms with Crippen molar-refractivity contribution in [3.63, 3.8) is 0 Å². The SMILES string of the molecule is CN(C)C(=O)c1ccc(C(=O)OC(C)(C)C)cc1. The molecule has 0 bridgehead atoms. The summed E-state index contributed by atoms with van der Waals surface area (Å²) in [4.78, 5) is 24.9. The highest BCUT2D eigenvalue weighted by atomic mass is 16.6. The number of carbonyl (C=O) groups is 2. The quantitative estimate of drug-likeness (QED) is 0.756. The zero-order valence-corrected chi connectivity index (χ0v) is 11.5. The molecule has 98 valence electrons. The van der Waals surface area contributed by atoms with Gasteiger partial charge in [0.1, 0.15) is 5.60 Å². The Hall–Kier alpha value is -1.84. The van der Waals surface area contributed by atoms with Gasteiger partial charge in [0.2, 0.25) is 0 Å². The number of esters is 1. The van der Waals surface area contributed by atoms with Crippen LogP contribution in [0.3, 0.4) is 0 Å². The van der Waals surface area contributed by atoms with Gasteiger partial charge in [-0.05, 0) is 45.0 Å². The molecule has 0 heterocycles. The van der Waals surface area contributed by atoms with Crippen molar-refractivity contribution >= 4 is 11.9 Å². The molecular weight excluding hydrogens is 230 g/mol. The number of carbonyl (C=O) groups excluding carboxylic acids is 2. The smallest absolute Gasteiger partial charge is 0.338 e. The Morgan fingerprint density at radius 2 is 1.44 bits per heavy atom. The molecule has 0 aliphatic heterocycles. The first-order valence-electron chi connectivity index (χ1n) is 5.76. The van der Waals surface area contributed by atoms with Crippen molar-refractivity contribution in [1.82, 2.24) is 4.90 Å². The van der Waals surface area contributed by atoms with Gasteiger partial charge in [0.05, 0.1) is 5.56 Å². The molecule has 0 saturated carbocycles. The number of ether oxygens (including phenoxy) is 1. The van der Waals surface area contributed by atoms with Crippen LogP contribution < -0.4 is 0 Å². The molecule has 0 saturated heterocycles. The fourth-order valence-electron chi connectivity index (χ4n) is 1.34. The average Bonchev–Trinajstić information content (AvgIpc) is 2.26. The number of hydrogen-bond donors (Lipinski definition) is 0. The van der Waals surface area contributed by atoms with Crippen LogP contribution in [0.4, 0.5) is 0 Å². The lowest BCUT2D eigenvalue weighted by atomic mass is 10.1. The second-order valence-corrected chi connectivity index (χ2v) is 5.28. The molecule has 0 fully saturated rings. The topological polar surface area (TPSA) is 46.6 Å². The van der Waals surface area contributed by atoms with Gasteiger partial charge in [0, 0.05) is 19.7 Å². The molecule has 4 nitrogen and oxygen atoms in total. The Labute approximate surface area is 108 Å². The van der Waals surface area contributed by atoms with Gasteiger partial charge < -0.3 is 9.64 Å². The van der Waals surface area contributed by atoms with E-state index in [4.69, 9.17) is 4.74 Å². The van der Waals surface area contributed by atoms with Crippen molar-refractivity contribution in [3.05, 3.63) is 35.4 Å². The maximum atomic E-state index is 11.8. The summed E-state index contributed by atoms with van der Waals surface area (Å²) in [7, 11) is 3.37. The van der Waals surface area contributed by atoms with E-state index in [2.05, 4.69) is 0 Å². The lowest BCUT2D eigenvalue weighted by molar-refractivity contribution is 0.00693. The van der Waals surface area contributed by atoms with Crippen LogP contribution in [0.2, 0.25) is 0 Å². The molecule has 18 heavy (non-hydrogen) atoms. The van der Waals surface area contributed by atoms with Crippen LogP contribution in [0.5, 0.6) is 0 Å². The summed E-state index contributed by atoms with van der Waals surface area (Å²) in [6, 6.07) is 6.46.